The molecule has 0 amide bonds. The van der Waals surface area contributed by atoms with Crippen molar-refractivity contribution < 1.29 is 9.15 Å². The molecule has 0 bridgehead atoms. The van der Waals surface area contributed by atoms with E-state index in [0.29, 0.717) is 25.6 Å². The summed E-state index contributed by atoms with van der Waals surface area (Å²) >= 11 is 0. The van der Waals surface area contributed by atoms with Gasteiger partial charge in [-0.2, -0.15) is 0 Å². The number of aromatic nitrogens is 1. The lowest BCUT2D eigenvalue weighted by Gasteiger charge is -2.18. The molecule has 180 valence electrons. The Hall–Kier alpha value is -1.81. The second kappa shape index (κ2) is 14.4. The summed E-state index contributed by atoms with van der Waals surface area (Å²) < 4.78 is 11.7. The lowest BCUT2D eigenvalue weighted by atomic mass is 9.94. The molecule has 7 nitrogen and oxygen atoms in total. The molecule has 0 saturated carbocycles. The van der Waals surface area contributed by atoms with Crippen LogP contribution in [0.25, 0.3) is 0 Å². The molecule has 32 heavy (non-hydrogen) atoms. The molecule has 2 rings (SSSR count). The number of guanidine groups is 1. The molecular formula is C24H40IN5O2. The zero-order chi connectivity index (χ0) is 22.7. The van der Waals surface area contributed by atoms with Crippen LogP contribution in [0.1, 0.15) is 58.8 Å². The van der Waals surface area contributed by atoms with Crippen molar-refractivity contribution in [1.82, 2.24) is 20.5 Å². The number of likely N-dealkylation sites (N-methyl/N-ethyl adjacent to an activating group) is 1. The predicted octanol–water partition coefficient (Wildman–Crippen LogP) is 4.57. The first-order valence-corrected chi connectivity index (χ1v) is 11.3. The minimum Gasteiger partial charge on any atom is -0.492 e. The topological polar surface area (TPSA) is 74.9 Å². The van der Waals surface area contributed by atoms with Gasteiger partial charge in [-0.3, -0.25) is 0 Å². The van der Waals surface area contributed by atoms with Crippen molar-refractivity contribution in [3.8, 4) is 5.75 Å². The number of rotatable bonds is 11. The molecule has 1 aromatic carbocycles. The van der Waals surface area contributed by atoms with E-state index < -0.39 is 0 Å². The average Bonchev–Trinajstić information content (AvgIpc) is 3.24. The molecule has 0 fully saturated rings. The summed E-state index contributed by atoms with van der Waals surface area (Å²) in [5.74, 6) is 3.16. The fourth-order valence-corrected chi connectivity index (χ4v) is 2.93. The standard InChI is InChI=1S/C24H39N5O2.HI/c1-7-25-23(28-18-22-26-17-21(31-22)24(4,5)6)27-16-19-10-12-20(13-11-19)30-15-14-29(8-2)9-3;/h10-13,17H,7-9,14-16,18H2,1-6H3,(H2,25,27,28);1H. The van der Waals surface area contributed by atoms with Gasteiger partial charge in [0.25, 0.3) is 0 Å². The Morgan fingerprint density at radius 2 is 1.78 bits per heavy atom. The van der Waals surface area contributed by atoms with E-state index in [1.807, 2.05) is 19.1 Å². The van der Waals surface area contributed by atoms with Crippen LogP contribution in [0.5, 0.6) is 5.75 Å². The molecule has 0 aliphatic carbocycles. The molecule has 0 spiro atoms. The number of oxazole rings is 1. The number of benzene rings is 1. The van der Waals surface area contributed by atoms with E-state index in [1.165, 1.54) is 0 Å². The van der Waals surface area contributed by atoms with Gasteiger partial charge in [0, 0.05) is 18.5 Å². The Kier molecular flexibility index (Phi) is 12.7. The molecule has 8 heteroatoms. The second-order valence-electron chi connectivity index (χ2n) is 8.44. The van der Waals surface area contributed by atoms with Gasteiger partial charge in [0.15, 0.2) is 5.96 Å². The van der Waals surface area contributed by atoms with Crippen LogP contribution in [0.15, 0.2) is 39.9 Å². The zero-order valence-corrected chi connectivity index (χ0v) is 22.7. The van der Waals surface area contributed by atoms with E-state index in [-0.39, 0.29) is 29.4 Å². The lowest BCUT2D eigenvalue weighted by Crippen LogP contribution is -2.36. The molecule has 0 unspecified atom stereocenters. The van der Waals surface area contributed by atoms with Crippen LogP contribution in [0, 0.1) is 0 Å². The van der Waals surface area contributed by atoms with Gasteiger partial charge in [0.2, 0.25) is 5.89 Å². The molecule has 1 heterocycles. The largest absolute Gasteiger partial charge is 0.492 e. The van der Waals surface area contributed by atoms with E-state index in [2.05, 4.69) is 72.3 Å². The molecule has 0 atom stereocenters. The Balaban J connectivity index is 0.00000512. The van der Waals surface area contributed by atoms with Crippen LogP contribution in [0.3, 0.4) is 0 Å². The summed E-state index contributed by atoms with van der Waals surface area (Å²) in [7, 11) is 0. The lowest BCUT2D eigenvalue weighted by molar-refractivity contribution is 0.223. The van der Waals surface area contributed by atoms with Gasteiger partial charge >= 0.3 is 0 Å². The van der Waals surface area contributed by atoms with E-state index in [0.717, 1.165) is 49.2 Å². The zero-order valence-electron chi connectivity index (χ0n) is 20.4. The van der Waals surface area contributed by atoms with E-state index >= 15 is 0 Å². The average molecular weight is 558 g/mol. The molecule has 0 saturated heterocycles. The number of nitrogens with zero attached hydrogens (tertiary/aromatic N) is 3. The Morgan fingerprint density at radius 3 is 2.34 bits per heavy atom. The normalized spacial score (nSPS) is 11.9. The van der Waals surface area contributed by atoms with Crippen LogP contribution in [0.2, 0.25) is 0 Å². The molecule has 2 N–H and O–H groups in total. The minimum atomic E-state index is -0.0505. The van der Waals surface area contributed by atoms with E-state index in [4.69, 9.17) is 9.15 Å². The van der Waals surface area contributed by atoms with Gasteiger partial charge in [-0.1, -0.05) is 46.8 Å². The van der Waals surface area contributed by atoms with Crippen molar-refractivity contribution in [2.45, 2.75) is 60.0 Å². The molecular weight excluding hydrogens is 517 g/mol. The fraction of sp³-hybridized carbons (Fsp3) is 0.583. The van der Waals surface area contributed by atoms with Crippen LogP contribution < -0.4 is 15.4 Å². The predicted molar refractivity (Wildman–Crippen MR) is 142 cm³/mol. The van der Waals surface area contributed by atoms with Crippen LogP contribution >= 0.6 is 24.0 Å². The van der Waals surface area contributed by atoms with Crippen molar-refractivity contribution in [2.75, 3.05) is 32.8 Å². The minimum absolute atomic E-state index is 0. The van der Waals surface area contributed by atoms with Crippen molar-refractivity contribution in [2.24, 2.45) is 4.99 Å². The van der Waals surface area contributed by atoms with Crippen LogP contribution in [-0.4, -0.2) is 48.6 Å². The van der Waals surface area contributed by atoms with Crippen molar-refractivity contribution in [1.29, 1.82) is 0 Å². The highest BCUT2D eigenvalue weighted by atomic mass is 127. The van der Waals surface area contributed by atoms with Crippen molar-refractivity contribution in [3.05, 3.63) is 47.7 Å². The van der Waals surface area contributed by atoms with Crippen LogP contribution in [-0.2, 0) is 18.5 Å². The number of halogens is 1. The molecule has 0 aliphatic rings. The number of aliphatic imine (C=N–C) groups is 1. The third-order valence-corrected chi connectivity index (χ3v) is 4.96. The second-order valence-corrected chi connectivity index (χ2v) is 8.44. The maximum absolute atomic E-state index is 5.85. The SMILES string of the molecule is CCNC(=NCc1ccc(OCCN(CC)CC)cc1)NCc1ncc(C(C)(C)C)o1.I. The molecule has 1 aromatic heterocycles. The third-order valence-electron chi connectivity index (χ3n) is 4.96. The maximum Gasteiger partial charge on any atom is 0.213 e. The third kappa shape index (κ3) is 9.77. The van der Waals surface area contributed by atoms with Crippen LogP contribution in [0.4, 0.5) is 0 Å². The Labute approximate surface area is 210 Å². The van der Waals surface area contributed by atoms with Gasteiger partial charge in [-0.15, -0.1) is 24.0 Å². The first-order valence-electron chi connectivity index (χ1n) is 11.3. The van der Waals surface area contributed by atoms with Gasteiger partial charge < -0.3 is 24.7 Å². The van der Waals surface area contributed by atoms with E-state index in [9.17, 15) is 0 Å². The summed E-state index contributed by atoms with van der Waals surface area (Å²) in [5.41, 5.74) is 1.07. The summed E-state index contributed by atoms with van der Waals surface area (Å²) in [6.07, 6.45) is 1.80. The van der Waals surface area contributed by atoms with Crippen molar-refractivity contribution >= 4 is 29.9 Å². The summed E-state index contributed by atoms with van der Waals surface area (Å²) in [5, 5.41) is 6.55. The van der Waals surface area contributed by atoms with Gasteiger partial charge in [0.1, 0.15) is 18.1 Å². The number of ether oxygens (including phenoxy) is 1. The summed E-state index contributed by atoms with van der Waals surface area (Å²) in [4.78, 5) is 11.4. The fourth-order valence-electron chi connectivity index (χ4n) is 2.93. The first-order chi connectivity index (χ1) is 14.9. The van der Waals surface area contributed by atoms with E-state index in [1.54, 1.807) is 6.20 Å². The number of hydrogen-bond acceptors (Lipinski definition) is 5. The Bertz CT molecular complexity index is 795. The highest BCUT2D eigenvalue weighted by molar-refractivity contribution is 14.0. The molecule has 0 aliphatic heterocycles. The quantitative estimate of drug-likeness (QED) is 0.240. The smallest absolute Gasteiger partial charge is 0.213 e. The van der Waals surface area contributed by atoms with Crippen molar-refractivity contribution in [3.63, 3.8) is 0 Å². The highest BCUT2D eigenvalue weighted by Gasteiger charge is 2.19. The molecule has 0 radical (unpaired) electrons. The number of nitrogens with one attached hydrogen (secondary N) is 2. The van der Waals surface area contributed by atoms with Gasteiger partial charge in [-0.05, 0) is 37.7 Å². The van der Waals surface area contributed by atoms with Gasteiger partial charge in [0.05, 0.1) is 19.3 Å². The number of hydrogen-bond donors (Lipinski definition) is 2. The first kappa shape index (κ1) is 28.2. The molecule has 2 aromatic rings. The summed E-state index contributed by atoms with van der Waals surface area (Å²) in [6.45, 7) is 18.3. The monoisotopic (exact) mass is 557 g/mol. The Morgan fingerprint density at radius 1 is 1.09 bits per heavy atom. The highest BCUT2D eigenvalue weighted by Crippen LogP contribution is 2.22. The van der Waals surface area contributed by atoms with Gasteiger partial charge in [-0.25, -0.2) is 9.98 Å². The summed E-state index contributed by atoms with van der Waals surface area (Å²) in [6, 6.07) is 8.13. The maximum atomic E-state index is 5.85.